The molecule has 0 saturated heterocycles. The summed E-state index contributed by atoms with van der Waals surface area (Å²) in [6.07, 6.45) is 0.118. The molecule has 1 amide bonds. The van der Waals surface area contributed by atoms with Crippen LogP contribution in [0.2, 0.25) is 0 Å². The van der Waals surface area contributed by atoms with Crippen molar-refractivity contribution >= 4 is 51.8 Å². The lowest BCUT2D eigenvalue weighted by Crippen LogP contribution is -2.50. The van der Waals surface area contributed by atoms with E-state index in [1.807, 2.05) is 18.2 Å². The second-order valence-corrected chi connectivity index (χ2v) is 8.92. The molecule has 0 saturated carbocycles. The Bertz CT molecular complexity index is 1170. The third-order valence-electron chi connectivity index (χ3n) is 5.74. The van der Waals surface area contributed by atoms with Gasteiger partial charge < -0.3 is 25.6 Å². The van der Waals surface area contributed by atoms with Gasteiger partial charge in [0.2, 0.25) is 5.91 Å². The number of alkyl halides is 2. The Labute approximate surface area is 212 Å². The first-order valence-electron chi connectivity index (χ1n) is 11.1. The molecule has 0 aliphatic heterocycles. The lowest BCUT2D eigenvalue weighted by molar-refractivity contribution is -0.142. The summed E-state index contributed by atoms with van der Waals surface area (Å²) in [5.74, 6) is -0.801. The molecule has 1 aromatic heterocycles. The summed E-state index contributed by atoms with van der Waals surface area (Å²) in [6.45, 7) is 1.26. The molecule has 3 rings (SSSR count). The Morgan fingerprint density at radius 1 is 1.14 bits per heavy atom. The molecule has 0 aliphatic rings. The third-order valence-corrected chi connectivity index (χ3v) is 6.08. The number of imidazole rings is 1. The van der Waals surface area contributed by atoms with Gasteiger partial charge in [-0.1, -0.05) is 12.1 Å². The van der Waals surface area contributed by atoms with E-state index < -0.39 is 29.8 Å². The van der Waals surface area contributed by atoms with E-state index in [-0.39, 0.29) is 12.8 Å². The molecule has 0 unspecified atom stereocenters. The van der Waals surface area contributed by atoms with Crippen molar-refractivity contribution in [3.05, 3.63) is 59.7 Å². The van der Waals surface area contributed by atoms with Crippen molar-refractivity contribution in [2.45, 2.75) is 24.9 Å². The van der Waals surface area contributed by atoms with Crippen molar-refractivity contribution in [2.24, 2.45) is 12.8 Å². The van der Waals surface area contributed by atoms with E-state index in [2.05, 4.69) is 15.2 Å². The number of carboxylic acids is 1. The van der Waals surface area contributed by atoms with Crippen LogP contribution in [0.4, 0.5) is 10.1 Å². The van der Waals surface area contributed by atoms with Gasteiger partial charge in [-0.15, -0.1) is 23.2 Å². The number of nitrogens with zero attached hydrogens (tertiary/aromatic N) is 3. The molecule has 0 bridgehead atoms. The maximum absolute atomic E-state index is 13.1. The Morgan fingerprint density at radius 2 is 1.80 bits per heavy atom. The Morgan fingerprint density at radius 3 is 2.40 bits per heavy atom. The number of carboxylic acid groups (broad SMARTS) is 1. The van der Waals surface area contributed by atoms with Gasteiger partial charge in [0.1, 0.15) is 17.7 Å². The molecule has 2 atom stereocenters. The first-order valence-corrected chi connectivity index (χ1v) is 12.2. The van der Waals surface area contributed by atoms with Crippen LogP contribution in [-0.2, 0) is 29.5 Å². The van der Waals surface area contributed by atoms with Gasteiger partial charge in [-0.3, -0.25) is 4.79 Å². The van der Waals surface area contributed by atoms with E-state index >= 15 is 0 Å². The van der Waals surface area contributed by atoms with Gasteiger partial charge in [-0.05, 0) is 42.3 Å². The first kappa shape index (κ1) is 26.7. The minimum Gasteiger partial charge on any atom is -0.480 e. The summed E-state index contributed by atoms with van der Waals surface area (Å²) in [5.41, 5.74) is 9.07. The maximum atomic E-state index is 13.1. The number of aliphatic carboxylic acids is 1. The number of nitrogens with two attached hydrogens (primary N) is 1. The van der Waals surface area contributed by atoms with Gasteiger partial charge in [-0.25, -0.2) is 14.2 Å². The van der Waals surface area contributed by atoms with E-state index in [4.69, 9.17) is 28.9 Å². The summed E-state index contributed by atoms with van der Waals surface area (Å²) in [6, 6.07) is 9.18. The van der Waals surface area contributed by atoms with Gasteiger partial charge in [0, 0.05) is 44.0 Å². The number of fused-ring (bicyclic) bond motifs is 1. The predicted octanol–water partition coefficient (Wildman–Crippen LogP) is 2.68. The topological polar surface area (TPSA) is 113 Å². The van der Waals surface area contributed by atoms with Crippen LogP contribution in [0.5, 0.6) is 0 Å². The molecule has 0 radical (unpaired) electrons. The number of hydrogen-bond acceptors (Lipinski definition) is 5. The summed E-state index contributed by atoms with van der Waals surface area (Å²) >= 11 is 11.8. The van der Waals surface area contributed by atoms with E-state index in [0.717, 1.165) is 11.2 Å². The minimum atomic E-state index is -1.22. The van der Waals surface area contributed by atoms with Gasteiger partial charge in [0.05, 0.1) is 17.1 Å². The molecule has 0 fully saturated rings. The molecular formula is C24H28Cl2FN5O3. The molecule has 188 valence electrons. The smallest absolute Gasteiger partial charge is 0.326 e. The molecule has 11 heteroatoms. The Kier molecular flexibility index (Phi) is 9.31. The largest absolute Gasteiger partial charge is 0.480 e. The van der Waals surface area contributed by atoms with E-state index in [1.54, 1.807) is 11.6 Å². The molecule has 0 aliphatic carbocycles. The van der Waals surface area contributed by atoms with Crippen molar-refractivity contribution in [3.8, 4) is 0 Å². The Hall–Kier alpha value is -2.88. The number of halogens is 3. The average Bonchev–Trinajstić information content (AvgIpc) is 3.14. The van der Waals surface area contributed by atoms with Crippen molar-refractivity contribution < 1.29 is 19.1 Å². The molecule has 2 aromatic carbocycles. The maximum Gasteiger partial charge on any atom is 0.326 e. The highest BCUT2D eigenvalue weighted by Gasteiger charge is 2.26. The fraction of sp³-hybridized carbons (Fsp3) is 0.375. The van der Waals surface area contributed by atoms with Gasteiger partial charge >= 0.3 is 5.97 Å². The average molecular weight is 524 g/mol. The standard InChI is InChI=1S/C24H28Cl2FN5O3/c1-31-21-7-6-17(32(10-8-25)11-9-26)13-19(21)29-22(31)14-20(24(34)35)30-23(33)18(28)12-15-2-4-16(27)5-3-15/h2-7,13,18,20H,8-12,14,28H2,1H3,(H,30,33)(H,34,35)/t18-,20-/m0/s1. The molecule has 1 heterocycles. The normalized spacial score (nSPS) is 12.9. The molecular weight excluding hydrogens is 496 g/mol. The predicted molar refractivity (Wildman–Crippen MR) is 136 cm³/mol. The number of anilines is 1. The molecule has 4 N–H and O–H groups in total. The minimum absolute atomic E-state index is 0.0298. The van der Waals surface area contributed by atoms with Crippen LogP contribution in [0.1, 0.15) is 11.4 Å². The number of carbonyl (C=O) groups is 2. The number of amides is 1. The van der Waals surface area contributed by atoms with Crippen molar-refractivity contribution in [1.29, 1.82) is 0 Å². The van der Waals surface area contributed by atoms with Gasteiger partial charge in [0.25, 0.3) is 0 Å². The van der Waals surface area contributed by atoms with Crippen molar-refractivity contribution in [2.75, 3.05) is 29.7 Å². The second kappa shape index (κ2) is 12.2. The molecule has 8 nitrogen and oxygen atoms in total. The van der Waals surface area contributed by atoms with Crippen LogP contribution < -0.4 is 16.0 Å². The second-order valence-electron chi connectivity index (χ2n) is 8.17. The molecule has 35 heavy (non-hydrogen) atoms. The number of hydrogen-bond donors (Lipinski definition) is 3. The van der Waals surface area contributed by atoms with E-state index in [1.165, 1.54) is 24.3 Å². The number of rotatable bonds is 12. The van der Waals surface area contributed by atoms with Crippen LogP contribution >= 0.6 is 23.2 Å². The third kappa shape index (κ3) is 6.84. The van der Waals surface area contributed by atoms with E-state index in [9.17, 15) is 19.1 Å². The van der Waals surface area contributed by atoms with Crippen LogP contribution in [0.15, 0.2) is 42.5 Å². The fourth-order valence-electron chi connectivity index (χ4n) is 3.82. The number of nitrogens with one attached hydrogen (secondary N) is 1. The molecule has 0 spiro atoms. The van der Waals surface area contributed by atoms with Crippen LogP contribution in [0.25, 0.3) is 11.0 Å². The van der Waals surface area contributed by atoms with E-state index in [0.29, 0.717) is 41.8 Å². The number of aryl methyl sites for hydroxylation is 1. The van der Waals surface area contributed by atoms with Crippen LogP contribution in [-0.4, -0.2) is 63.5 Å². The lowest BCUT2D eigenvalue weighted by Gasteiger charge is -2.22. The molecule has 3 aromatic rings. The van der Waals surface area contributed by atoms with Crippen LogP contribution in [0, 0.1) is 5.82 Å². The first-order chi connectivity index (χ1) is 16.7. The number of aromatic nitrogens is 2. The Balaban J connectivity index is 1.75. The number of carbonyl (C=O) groups excluding carboxylic acids is 1. The summed E-state index contributed by atoms with van der Waals surface area (Å²) in [5, 5.41) is 12.2. The zero-order valence-electron chi connectivity index (χ0n) is 19.3. The SMILES string of the molecule is Cn1c(C[C@H](NC(=O)[C@@H](N)Cc2ccc(F)cc2)C(=O)O)nc2cc(N(CCCl)CCCl)ccc21. The highest BCUT2D eigenvalue weighted by atomic mass is 35.5. The summed E-state index contributed by atoms with van der Waals surface area (Å²) in [7, 11) is 1.79. The highest BCUT2D eigenvalue weighted by molar-refractivity contribution is 6.18. The zero-order chi connectivity index (χ0) is 25.5. The zero-order valence-corrected chi connectivity index (χ0v) is 20.8. The highest BCUT2D eigenvalue weighted by Crippen LogP contribution is 2.23. The monoisotopic (exact) mass is 523 g/mol. The van der Waals surface area contributed by atoms with Gasteiger partial charge in [0.15, 0.2) is 0 Å². The fourth-order valence-corrected chi connectivity index (χ4v) is 4.23. The lowest BCUT2D eigenvalue weighted by atomic mass is 10.1. The summed E-state index contributed by atoms with van der Waals surface area (Å²) in [4.78, 5) is 31.2. The number of benzene rings is 2. The van der Waals surface area contributed by atoms with Crippen LogP contribution in [0.3, 0.4) is 0 Å². The summed E-state index contributed by atoms with van der Waals surface area (Å²) < 4.78 is 14.9. The van der Waals surface area contributed by atoms with Crippen molar-refractivity contribution in [1.82, 2.24) is 14.9 Å². The van der Waals surface area contributed by atoms with Crippen molar-refractivity contribution in [3.63, 3.8) is 0 Å². The quantitative estimate of drug-likeness (QED) is 0.314. The van der Waals surface area contributed by atoms with Gasteiger partial charge in [-0.2, -0.15) is 0 Å².